The van der Waals surface area contributed by atoms with E-state index in [1.54, 1.807) is 12.1 Å². The number of carbonyl (C=O) groups excluding carboxylic acids is 1. The molecule has 1 aliphatic carbocycles. The van der Waals surface area contributed by atoms with Crippen LogP contribution in [0, 0.1) is 10.1 Å². The maximum Gasteiger partial charge on any atom is 0.271 e. The van der Waals surface area contributed by atoms with Gasteiger partial charge in [-0.2, -0.15) is 5.10 Å². The van der Waals surface area contributed by atoms with E-state index in [1.165, 1.54) is 25.0 Å². The second-order valence-corrected chi connectivity index (χ2v) is 7.21. The van der Waals surface area contributed by atoms with E-state index in [9.17, 15) is 14.9 Å². The van der Waals surface area contributed by atoms with Gasteiger partial charge in [-0.05, 0) is 31.0 Å². The molecule has 4 rings (SSSR count). The van der Waals surface area contributed by atoms with Crippen molar-refractivity contribution in [1.29, 1.82) is 0 Å². The van der Waals surface area contributed by atoms with E-state index >= 15 is 0 Å². The smallest absolute Gasteiger partial charge is 0.271 e. The molecule has 1 saturated heterocycles. The van der Waals surface area contributed by atoms with Gasteiger partial charge >= 0.3 is 0 Å². The Kier molecular flexibility index (Phi) is 5.16. The van der Waals surface area contributed by atoms with Gasteiger partial charge in [0.05, 0.1) is 17.2 Å². The molecule has 28 heavy (non-hydrogen) atoms. The molecule has 2 fully saturated rings. The van der Waals surface area contributed by atoms with Crippen LogP contribution in [0.1, 0.15) is 24.5 Å². The van der Waals surface area contributed by atoms with Crippen LogP contribution in [0.3, 0.4) is 0 Å². The van der Waals surface area contributed by atoms with E-state index in [4.69, 9.17) is 0 Å². The number of nitro groups is 1. The van der Waals surface area contributed by atoms with E-state index in [-0.39, 0.29) is 18.1 Å². The van der Waals surface area contributed by atoms with E-state index in [2.05, 4.69) is 31.4 Å². The van der Waals surface area contributed by atoms with Crippen LogP contribution in [-0.4, -0.2) is 58.7 Å². The molecular weight excluding hydrogens is 360 g/mol. The molecule has 146 valence electrons. The number of piperazine rings is 1. The molecule has 1 saturated carbocycles. The minimum atomic E-state index is -0.477. The summed E-state index contributed by atoms with van der Waals surface area (Å²) < 4.78 is 0. The molecule has 0 bridgehead atoms. The summed E-state index contributed by atoms with van der Waals surface area (Å²) in [6.07, 6.45) is 2.43. The van der Waals surface area contributed by atoms with Crippen LogP contribution in [0.4, 0.5) is 17.2 Å². The number of nitrogens with one attached hydrogen (secondary N) is 1. The highest BCUT2D eigenvalue weighted by Crippen LogP contribution is 2.38. The summed E-state index contributed by atoms with van der Waals surface area (Å²) in [6.45, 7) is 3.30. The third-order valence-corrected chi connectivity index (χ3v) is 5.07. The second kappa shape index (κ2) is 7.89. The number of carbonyl (C=O) groups is 1. The normalized spacial score (nSPS) is 17.4. The van der Waals surface area contributed by atoms with Crippen molar-refractivity contribution in [3.63, 3.8) is 0 Å². The molecule has 1 amide bonds. The fraction of sp³-hybridized carbons (Fsp3) is 0.421. The SMILES string of the molecule is O=C(CN1CCN(c2ccc(C3CC3)nn2)CC1)Nc1cccc([N+](=O)[O-])c1. The van der Waals surface area contributed by atoms with Gasteiger partial charge in [0.15, 0.2) is 5.82 Å². The molecule has 1 aromatic heterocycles. The maximum atomic E-state index is 12.3. The summed E-state index contributed by atoms with van der Waals surface area (Å²) in [7, 11) is 0. The van der Waals surface area contributed by atoms with Gasteiger partial charge < -0.3 is 10.2 Å². The average molecular weight is 382 g/mol. The van der Waals surface area contributed by atoms with Crippen molar-refractivity contribution < 1.29 is 9.72 Å². The Labute approximate surface area is 162 Å². The standard InChI is InChI=1S/C19H22N6O3/c26-19(20-15-2-1-3-16(12-15)25(27)28)13-23-8-10-24(11-9-23)18-7-6-17(21-22-18)14-4-5-14/h1-3,6-7,12,14H,4-5,8-11,13H2,(H,20,26). The number of hydrogen-bond acceptors (Lipinski definition) is 7. The van der Waals surface area contributed by atoms with Gasteiger partial charge in [0.2, 0.25) is 5.91 Å². The van der Waals surface area contributed by atoms with E-state index < -0.39 is 4.92 Å². The number of hydrogen-bond donors (Lipinski definition) is 1. The first-order valence-corrected chi connectivity index (χ1v) is 9.44. The number of nitrogens with zero attached hydrogens (tertiary/aromatic N) is 5. The highest BCUT2D eigenvalue weighted by Gasteiger charge is 2.26. The summed E-state index contributed by atoms with van der Waals surface area (Å²) in [5.74, 6) is 1.30. The lowest BCUT2D eigenvalue weighted by atomic mass is 10.2. The Morgan fingerprint density at radius 3 is 2.57 bits per heavy atom. The van der Waals surface area contributed by atoms with Crippen LogP contribution in [0.2, 0.25) is 0 Å². The van der Waals surface area contributed by atoms with Crippen molar-refractivity contribution in [3.05, 3.63) is 52.2 Å². The summed E-state index contributed by atoms with van der Waals surface area (Å²) in [5.41, 5.74) is 1.48. The number of aromatic nitrogens is 2. The van der Waals surface area contributed by atoms with Crippen molar-refractivity contribution in [2.24, 2.45) is 0 Å². The Bertz CT molecular complexity index is 860. The van der Waals surface area contributed by atoms with Gasteiger partial charge in [0, 0.05) is 49.9 Å². The van der Waals surface area contributed by atoms with Crippen LogP contribution in [0.5, 0.6) is 0 Å². The molecule has 2 heterocycles. The summed E-state index contributed by atoms with van der Waals surface area (Å²) in [4.78, 5) is 26.9. The summed E-state index contributed by atoms with van der Waals surface area (Å²) in [6, 6.07) is 10.1. The predicted octanol–water partition coefficient (Wildman–Crippen LogP) is 2.02. The molecule has 0 atom stereocenters. The lowest BCUT2D eigenvalue weighted by Gasteiger charge is -2.34. The number of non-ortho nitro benzene ring substituents is 1. The van der Waals surface area contributed by atoms with Crippen LogP contribution >= 0.6 is 0 Å². The Morgan fingerprint density at radius 1 is 1.14 bits per heavy atom. The first-order valence-electron chi connectivity index (χ1n) is 9.44. The molecule has 1 N–H and O–H groups in total. The first-order chi connectivity index (χ1) is 13.6. The zero-order valence-corrected chi connectivity index (χ0v) is 15.5. The highest BCUT2D eigenvalue weighted by atomic mass is 16.6. The molecule has 2 aromatic rings. The van der Waals surface area contributed by atoms with Gasteiger partial charge in [-0.1, -0.05) is 6.07 Å². The predicted molar refractivity (Wildman–Crippen MR) is 104 cm³/mol. The van der Waals surface area contributed by atoms with Gasteiger partial charge in [0.1, 0.15) is 0 Å². The topological polar surface area (TPSA) is 104 Å². The third kappa shape index (κ3) is 4.42. The molecule has 2 aliphatic rings. The fourth-order valence-electron chi connectivity index (χ4n) is 3.34. The molecule has 1 aliphatic heterocycles. The third-order valence-electron chi connectivity index (χ3n) is 5.07. The van der Waals surface area contributed by atoms with Gasteiger partial charge in [-0.25, -0.2) is 0 Å². The van der Waals surface area contributed by atoms with Gasteiger partial charge in [-0.3, -0.25) is 19.8 Å². The van der Waals surface area contributed by atoms with Crippen LogP contribution in [0.15, 0.2) is 36.4 Å². The minimum absolute atomic E-state index is 0.0415. The zero-order chi connectivity index (χ0) is 19.5. The lowest BCUT2D eigenvalue weighted by molar-refractivity contribution is -0.384. The number of amides is 1. The number of rotatable bonds is 6. The molecule has 0 spiro atoms. The first kappa shape index (κ1) is 18.3. The minimum Gasteiger partial charge on any atom is -0.353 e. The van der Waals surface area contributed by atoms with Crippen molar-refractivity contribution in [2.45, 2.75) is 18.8 Å². The van der Waals surface area contributed by atoms with Crippen molar-refractivity contribution >= 4 is 23.1 Å². The fourth-order valence-corrected chi connectivity index (χ4v) is 3.34. The van der Waals surface area contributed by atoms with Crippen molar-refractivity contribution in [2.75, 3.05) is 42.9 Å². The zero-order valence-electron chi connectivity index (χ0n) is 15.5. The van der Waals surface area contributed by atoms with Crippen LogP contribution in [0.25, 0.3) is 0 Å². The molecule has 9 heteroatoms. The lowest BCUT2D eigenvalue weighted by Crippen LogP contribution is -2.49. The molecular formula is C19H22N6O3. The molecule has 1 aromatic carbocycles. The maximum absolute atomic E-state index is 12.3. The van der Waals surface area contributed by atoms with E-state index in [0.717, 1.165) is 37.7 Å². The van der Waals surface area contributed by atoms with Gasteiger partial charge in [0.25, 0.3) is 5.69 Å². The number of anilines is 2. The summed E-state index contributed by atoms with van der Waals surface area (Å²) >= 11 is 0. The Morgan fingerprint density at radius 2 is 1.93 bits per heavy atom. The second-order valence-electron chi connectivity index (χ2n) is 7.21. The molecule has 9 nitrogen and oxygen atoms in total. The number of benzene rings is 1. The molecule has 0 unspecified atom stereocenters. The summed E-state index contributed by atoms with van der Waals surface area (Å²) in [5, 5.41) is 22.2. The van der Waals surface area contributed by atoms with Crippen molar-refractivity contribution in [3.8, 4) is 0 Å². The quantitative estimate of drug-likeness (QED) is 0.602. The largest absolute Gasteiger partial charge is 0.353 e. The number of nitro benzene ring substituents is 1. The van der Waals surface area contributed by atoms with Crippen LogP contribution < -0.4 is 10.2 Å². The molecule has 0 radical (unpaired) electrons. The Hall–Kier alpha value is -3.07. The van der Waals surface area contributed by atoms with Gasteiger partial charge in [-0.15, -0.1) is 5.10 Å². The average Bonchev–Trinajstić information content (AvgIpc) is 3.54. The Balaban J connectivity index is 1.26. The monoisotopic (exact) mass is 382 g/mol. The van der Waals surface area contributed by atoms with Crippen molar-refractivity contribution in [1.82, 2.24) is 15.1 Å². The highest BCUT2D eigenvalue weighted by molar-refractivity contribution is 5.92. The van der Waals surface area contributed by atoms with E-state index in [1.807, 2.05) is 6.07 Å². The van der Waals surface area contributed by atoms with E-state index in [0.29, 0.717) is 11.6 Å². The van der Waals surface area contributed by atoms with Crippen LogP contribution in [-0.2, 0) is 4.79 Å².